The van der Waals surface area contributed by atoms with Gasteiger partial charge in [0.1, 0.15) is 5.75 Å². The molecule has 0 aromatic heterocycles. The molecule has 102 valence electrons. The van der Waals surface area contributed by atoms with Gasteiger partial charge in [0.25, 0.3) is 0 Å². The number of unbranched alkanes of at least 4 members (excludes halogenated alkanes) is 1. The first-order valence-corrected chi connectivity index (χ1v) is 7.82. The highest BCUT2D eigenvalue weighted by Gasteiger charge is 2.15. The van der Waals surface area contributed by atoms with E-state index in [1.165, 1.54) is 19.2 Å². The molecule has 0 saturated heterocycles. The number of nitrogens with one attached hydrogen (secondary N) is 1. The molecule has 1 rings (SSSR count). The summed E-state index contributed by atoms with van der Waals surface area (Å²) in [7, 11) is -1.99. The van der Waals surface area contributed by atoms with Crippen molar-refractivity contribution in [1.82, 2.24) is 4.72 Å². The van der Waals surface area contributed by atoms with Gasteiger partial charge in [0.15, 0.2) is 0 Å². The predicted molar refractivity (Wildman–Crippen MR) is 74.2 cm³/mol. The van der Waals surface area contributed by atoms with Crippen molar-refractivity contribution >= 4 is 26.0 Å². The fourth-order valence-electron chi connectivity index (χ4n) is 1.37. The van der Waals surface area contributed by atoms with E-state index in [0.29, 0.717) is 23.3 Å². The first-order valence-electron chi connectivity index (χ1n) is 5.54. The number of ether oxygens (including phenoxy) is 1. The molecule has 1 aromatic rings. The van der Waals surface area contributed by atoms with Crippen molar-refractivity contribution in [2.75, 3.05) is 20.2 Å². The Hall–Kier alpha value is -0.630. The summed E-state index contributed by atoms with van der Waals surface area (Å²) in [5.41, 5.74) is 5.35. The average Bonchev–Trinajstić information content (AvgIpc) is 2.35. The van der Waals surface area contributed by atoms with E-state index in [4.69, 9.17) is 10.5 Å². The number of sulfonamides is 1. The van der Waals surface area contributed by atoms with Crippen molar-refractivity contribution in [2.24, 2.45) is 5.73 Å². The Balaban J connectivity index is 2.78. The molecule has 0 heterocycles. The lowest BCUT2D eigenvalue weighted by atomic mass is 10.3. The van der Waals surface area contributed by atoms with Crippen LogP contribution >= 0.6 is 15.9 Å². The molecule has 0 radical (unpaired) electrons. The van der Waals surface area contributed by atoms with E-state index < -0.39 is 10.0 Å². The van der Waals surface area contributed by atoms with Crippen molar-refractivity contribution in [2.45, 2.75) is 17.7 Å². The Bertz CT molecular complexity index is 491. The van der Waals surface area contributed by atoms with E-state index in [1.807, 2.05) is 0 Å². The molecule has 3 N–H and O–H groups in total. The first kappa shape index (κ1) is 15.4. The minimum absolute atomic E-state index is 0.190. The molecule has 7 heteroatoms. The van der Waals surface area contributed by atoms with E-state index in [1.54, 1.807) is 6.07 Å². The lowest BCUT2D eigenvalue weighted by Gasteiger charge is -2.09. The molecule has 0 unspecified atom stereocenters. The summed E-state index contributed by atoms with van der Waals surface area (Å²) in [6.07, 6.45) is 1.52. The minimum Gasteiger partial charge on any atom is -0.496 e. The molecule has 0 amide bonds. The van der Waals surface area contributed by atoms with Gasteiger partial charge >= 0.3 is 0 Å². The van der Waals surface area contributed by atoms with Crippen molar-refractivity contribution in [3.05, 3.63) is 22.7 Å². The molecule has 5 nitrogen and oxygen atoms in total. The molecular weight excluding hydrogens is 320 g/mol. The van der Waals surface area contributed by atoms with Gasteiger partial charge in [0, 0.05) is 12.6 Å². The number of hydrogen-bond acceptors (Lipinski definition) is 4. The van der Waals surface area contributed by atoms with Gasteiger partial charge in [-0.25, -0.2) is 13.1 Å². The van der Waals surface area contributed by atoms with E-state index in [2.05, 4.69) is 20.7 Å². The summed E-state index contributed by atoms with van der Waals surface area (Å²) < 4.78 is 32.2. The predicted octanol–water partition coefficient (Wildman–Crippen LogP) is 1.47. The van der Waals surface area contributed by atoms with Gasteiger partial charge in [0.2, 0.25) is 10.0 Å². The average molecular weight is 337 g/mol. The van der Waals surface area contributed by atoms with Crippen molar-refractivity contribution in [1.29, 1.82) is 0 Å². The third-order valence-corrected chi connectivity index (χ3v) is 4.47. The van der Waals surface area contributed by atoms with Gasteiger partial charge in [0.05, 0.1) is 16.5 Å². The summed E-state index contributed by atoms with van der Waals surface area (Å²) in [6, 6.07) is 4.65. The highest BCUT2D eigenvalue weighted by atomic mass is 79.9. The highest BCUT2D eigenvalue weighted by Crippen LogP contribution is 2.27. The molecule has 18 heavy (non-hydrogen) atoms. The minimum atomic E-state index is -3.48. The smallest absolute Gasteiger partial charge is 0.240 e. The van der Waals surface area contributed by atoms with Gasteiger partial charge in [-0.15, -0.1) is 0 Å². The normalized spacial score (nSPS) is 11.5. The second kappa shape index (κ2) is 7.08. The maximum Gasteiger partial charge on any atom is 0.240 e. The topological polar surface area (TPSA) is 81.4 Å². The quantitative estimate of drug-likeness (QED) is 0.739. The lowest BCUT2D eigenvalue weighted by molar-refractivity contribution is 0.410. The SMILES string of the molecule is COc1cc(S(=O)(=O)NCCCCN)ccc1Br. The molecule has 1 aromatic carbocycles. The fraction of sp³-hybridized carbons (Fsp3) is 0.455. The van der Waals surface area contributed by atoms with Crippen LogP contribution in [0.3, 0.4) is 0 Å². The van der Waals surface area contributed by atoms with Gasteiger partial charge in [-0.3, -0.25) is 0 Å². The Kier molecular flexibility index (Phi) is 6.07. The number of benzene rings is 1. The highest BCUT2D eigenvalue weighted by molar-refractivity contribution is 9.10. The van der Waals surface area contributed by atoms with Crippen LogP contribution in [-0.4, -0.2) is 28.6 Å². The van der Waals surface area contributed by atoms with Gasteiger partial charge in [-0.05, 0) is 47.4 Å². The van der Waals surface area contributed by atoms with Crippen LogP contribution in [0.5, 0.6) is 5.75 Å². The number of rotatable bonds is 7. The summed E-state index contributed by atoms with van der Waals surface area (Å²) in [6.45, 7) is 0.950. The Morgan fingerprint density at radius 2 is 2.11 bits per heavy atom. The van der Waals surface area contributed by atoms with Gasteiger partial charge in [-0.2, -0.15) is 0 Å². The molecule has 0 aliphatic rings. The summed E-state index contributed by atoms with van der Waals surface area (Å²) in [4.78, 5) is 0.190. The summed E-state index contributed by atoms with van der Waals surface area (Å²) in [5.74, 6) is 0.486. The molecule has 0 fully saturated rings. The van der Waals surface area contributed by atoms with E-state index in [-0.39, 0.29) is 4.90 Å². The molecular formula is C11H17BrN2O3S. The molecule has 0 bridgehead atoms. The van der Waals surface area contributed by atoms with Crippen LogP contribution in [0.1, 0.15) is 12.8 Å². The summed E-state index contributed by atoms with van der Waals surface area (Å²) >= 11 is 3.28. The largest absolute Gasteiger partial charge is 0.496 e. The monoisotopic (exact) mass is 336 g/mol. The number of halogens is 1. The third kappa shape index (κ3) is 4.24. The standard InChI is InChI=1S/C11H17BrN2O3S/c1-17-11-8-9(4-5-10(11)12)18(15,16)14-7-3-2-6-13/h4-5,8,14H,2-3,6-7,13H2,1H3. The van der Waals surface area contributed by atoms with Crippen molar-refractivity contribution in [3.63, 3.8) is 0 Å². The zero-order valence-electron chi connectivity index (χ0n) is 10.1. The summed E-state index contributed by atoms with van der Waals surface area (Å²) in [5, 5.41) is 0. The van der Waals surface area contributed by atoms with Crippen LogP contribution in [0, 0.1) is 0 Å². The van der Waals surface area contributed by atoms with Crippen LogP contribution in [-0.2, 0) is 10.0 Å². The number of hydrogen-bond donors (Lipinski definition) is 2. The zero-order chi connectivity index (χ0) is 13.6. The fourth-order valence-corrected chi connectivity index (χ4v) is 2.86. The van der Waals surface area contributed by atoms with Crippen LogP contribution in [0.2, 0.25) is 0 Å². The Labute approximate surface area is 116 Å². The van der Waals surface area contributed by atoms with Crippen LogP contribution in [0.25, 0.3) is 0 Å². The van der Waals surface area contributed by atoms with E-state index in [0.717, 1.165) is 12.8 Å². The van der Waals surface area contributed by atoms with Crippen molar-refractivity contribution in [3.8, 4) is 5.75 Å². The number of methoxy groups -OCH3 is 1. The second-order valence-corrected chi connectivity index (χ2v) is 6.31. The van der Waals surface area contributed by atoms with Gasteiger partial charge in [-0.1, -0.05) is 0 Å². The van der Waals surface area contributed by atoms with Crippen molar-refractivity contribution < 1.29 is 13.2 Å². The maximum absolute atomic E-state index is 12.0. The van der Waals surface area contributed by atoms with Crippen LogP contribution in [0.4, 0.5) is 0 Å². The molecule has 0 atom stereocenters. The second-order valence-electron chi connectivity index (χ2n) is 3.69. The lowest BCUT2D eigenvalue weighted by Crippen LogP contribution is -2.25. The maximum atomic E-state index is 12.0. The first-order chi connectivity index (χ1) is 8.51. The Morgan fingerprint density at radius 1 is 1.39 bits per heavy atom. The van der Waals surface area contributed by atoms with Crippen LogP contribution < -0.4 is 15.2 Å². The van der Waals surface area contributed by atoms with E-state index >= 15 is 0 Å². The molecule has 0 saturated carbocycles. The number of nitrogens with two attached hydrogens (primary N) is 1. The molecule has 0 aliphatic carbocycles. The van der Waals surface area contributed by atoms with Crippen LogP contribution in [0.15, 0.2) is 27.6 Å². The Morgan fingerprint density at radius 3 is 2.72 bits per heavy atom. The molecule has 0 aliphatic heterocycles. The van der Waals surface area contributed by atoms with E-state index in [9.17, 15) is 8.42 Å². The van der Waals surface area contributed by atoms with Gasteiger partial charge < -0.3 is 10.5 Å². The third-order valence-electron chi connectivity index (χ3n) is 2.36. The zero-order valence-corrected chi connectivity index (χ0v) is 12.6. The molecule has 0 spiro atoms.